The van der Waals surface area contributed by atoms with Crippen molar-refractivity contribution in [1.82, 2.24) is 9.13 Å². The van der Waals surface area contributed by atoms with E-state index in [-0.39, 0.29) is 34.6 Å². The molecule has 0 radical (unpaired) electrons. The highest BCUT2D eigenvalue weighted by Gasteiger charge is 2.19. The fourth-order valence-electron chi connectivity index (χ4n) is 4.25. The zero-order chi connectivity index (χ0) is 22.2. The zero-order valence-electron chi connectivity index (χ0n) is 17.3. The van der Waals surface area contributed by atoms with Gasteiger partial charge in [-0.3, -0.25) is 28.3 Å². The highest BCUT2D eigenvalue weighted by molar-refractivity contribution is 5.97. The molecule has 5 aromatic rings. The van der Waals surface area contributed by atoms with Gasteiger partial charge in [0.15, 0.2) is 0 Å². The second-order valence-corrected chi connectivity index (χ2v) is 7.94. The van der Waals surface area contributed by atoms with Gasteiger partial charge in [-0.25, -0.2) is 0 Å². The van der Waals surface area contributed by atoms with Gasteiger partial charge in [-0.1, -0.05) is 60.7 Å². The van der Waals surface area contributed by atoms with Gasteiger partial charge in [-0.05, 0) is 36.1 Å². The summed E-state index contributed by atoms with van der Waals surface area (Å²) in [4.78, 5) is 51.6. The topological polar surface area (TPSA) is 78.1 Å². The summed E-state index contributed by atoms with van der Waals surface area (Å²) in [6.07, 6.45) is 1.08. The lowest BCUT2D eigenvalue weighted by molar-refractivity contribution is 0.664. The molecule has 0 atom stereocenters. The Hall–Kier alpha value is -4.06. The molecule has 0 saturated carbocycles. The second kappa shape index (κ2) is 7.89. The fourth-order valence-corrected chi connectivity index (χ4v) is 4.25. The van der Waals surface area contributed by atoms with Crippen molar-refractivity contribution in [2.24, 2.45) is 0 Å². The highest BCUT2D eigenvalue weighted by atomic mass is 16.2. The number of nitrogens with zero attached hydrogens (tertiary/aromatic N) is 2. The van der Waals surface area contributed by atoms with Crippen molar-refractivity contribution in [3.63, 3.8) is 0 Å². The van der Waals surface area contributed by atoms with Crippen molar-refractivity contribution in [3.05, 3.63) is 125 Å². The molecular formula is C26H20N2O4. The third kappa shape index (κ3) is 3.30. The molecule has 0 spiro atoms. The van der Waals surface area contributed by atoms with Crippen molar-refractivity contribution in [2.75, 3.05) is 0 Å². The van der Waals surface area contributed by atoms with Crippen LogP contribution in [0.5, 0.6) is 0 Å². The van der Waals surface area contributed by atoms with E-state index in [9.17, 15) is 19.2 Å². The average molecular weight is 424 g/mol. The van der Waals surface area contributed by atoms with Gasteiger partial charge in [0.2, 0.25) is 0 Å². The first-order valence-electron chi connectivity index (χ1n) is 10.5. The minimum atomic E-state index is -0.424. The van der Waals surface area contributed by atoms with E-state index in [4.69, 9.17) is 0 Å². The van der Waals surface area contributed by atoms with Crippen molar-refractivity contribution in [2.45, 2.75) is 25.9 Å². The molecular weight excluding hydrogens is 404 g/mol. The summed E-state index contributed by atoms with van der Waals surface area (Å²) in [5, 5.41) is 0.751. The number of aryl methyl sites for hydroxylation is 2. The summed E-state index contributed by atoms with van der Waals surface area (Å²) >= 11 is 0. The standard InChI is InChI=1S/C26H20N2O4/c29-23-19-15-21-22(26(32)28(25(21)31)14-12-18-9-5-2-6-10-18)16-20(19)24(30)27(23)13-11-17-7-3-1-4-8-17/h1-10,15-16H,11-14H2. The molecule has 0 amide bonds. The molecule has 0 aliphatic rings. The molecule has 0 saturated heterocycles. The second-order valence-electron chi connectivity index (χ2n) is 7.94. The van der Waals surface area contributed by atoms with Crippen LogP contribution in [0.2, 0.25) is 0 Å². The van der Waals surface area contributed by atoms with Crippen LogP contribution in [0, 0.1) is 0 Å². The smallest absolute Gasteiger partial charge is 0.261 e. The van der Waals surface area contributed by atoms with Gasteiger partial charge in [0, 0.05) is 13.1 Å². The van der Waals surface area contributed by atoms with Crippen LogP contribution < -0.4 is 22.2 Å². The van der Waals surface area contributed by atoms with Crippen molar-refractivity contribution in [3.8, 4) is 0 Å². The number of hydrogen-bond acceptors (Lipinski definition) is 4. The average Bonchev–Trinajstić information content (AvgIpc) is 3.20. The van der Waals surface area contributed by atoms with E-state index >= 15 is 0 Å². The molecule has 0 bridgehead atoms. The summed E-state index contributed by atoms with van der Waals surface area (Å²) < 4.78 is 2.38. The largest absolute Gasteiger partial charge is 0.274 e. The van der Waals surface area contributed by atoms with E-state index in [2.05, 4.69) is 0 Å². The Morgan fingerprint density at radius 2 is 0.781 bits per heavy atom. The Kier molecular flexibility index (Phi) is 4.90. The van der Waals surface area contributed by atoms with Gasteiger partial charge < -0.3 is 0 Å². The van der Waals surface area contributed by atoms with Gasteiger partial charge in [0.25, 0.3) is 22.2 Å². The van der Waals surface area contributed by atoms with Crippen LogP contribution in [-0.4, -0.2) is 9.13 Å². The van der Waals surface area contributed by atoms with Gasteiger partial charge in [0.05, 0.1) is 21.5 Å². The number of benzene rings is 3. The van der Waals surface area contributed by atoms with Crippen LogP contribution in [0.3, 0.4) is 0 Å². The SMILES string of the molecule is O=c1c2cc3c(=O)n(CCc4ccccc4)c(=O)c3cc2c(=O)n1CCc1ccccc1. The monoisotopic (exact) mass is 424 g/mol. The van der Waals surface area contributed by atoms with Crippen LogP contribution in [0.1, 0.15) is 11.1 Å². The maximum Gasteiger partial charge on any atom is 0.261 e. The Morgan fingerprint density at radius 3 is 1.09 bits per heavy atom. The van der Waals surface area contributed by atoms with E-state index < -0.39 is 22.2 Å². The fraction of sp³-hybridized carbons (Fsp3) is 0.154. The van der Waals surface area contributed by atoms with Crippen LogP contribution in [-0.2, 0) is 25.9 Å². The summed E-state index contributed by atoms with van der Waals surface area (Å²) in [6, 6.07) is 22.0. The lowest BCUT2D eigenvalue weighted by Gasteiger charge is -2.01. The Morgan fingerprint density at radius 1 is 0.469 bits per heavy atom. The number of hydrogen-bond donors (Lipinski definition) is 0. The maximum atomic E-state index is 12.9. The molecule has 2 aromatic heterocycles. The molecule has 0 N–H and O–H groups in total. The quantitative estimate of drug-likeness (QED) is 0.419. The molecule has 32 heavy (non-hydrogen) atoms. The van der Waals surface area contributed by atoms with Gasteiger partial charge >= 0.3 is 0 Å². The van der Waals surface area contributed by atoms with E-state index in [1.54, 1.807) is 0 Å². The molecule has 0 unspecified atom stereocenters. The third-order valence-electron chi connectivity index (χ3n) is 5.99. The zero-order valence-corrected chi connectivity index (χ0v) is 17.3. The van der Waals surface area contributed by atoms with E-state index in [1.165, 1.54) is 21.3 Å². The highest BCUT2D eigenvalue weighted by Crippen LogP contribution is 2.15. The number of rotatable bonds is 6. The van der Waals surface area contributed by atoms with Crippen LogP contribution >= 0.6 is 0 Å². The minimum absolute atomic E-state index is 0.188. The van der Waals surface area contributed by atoms with Crippen molar-refractivity contribution >= 4 is 21.5 Å². The van der Waals surface area contributed by atoms with E-state index in [0.29, 0.717) is 12.8 Å². The summed E-state index contributed by atoms with van der Waals surface area (Å²) in [5.74, 6) is 0. The van der Waals surface area contributed by atoms with E-state index in [0.717, 1.165) is 11.1 Å². The Bertz CT molecular complexity index is 1440. The molecule has 0 aliphatic carbocycles. The number of fused-ring (bicyclic) bond motifs is 2. The number of aromatic nitrogens is 2. The molecule has 3 aromatic carbocycles. The maximum absolute atomic E-state index is 12.9. The summed E-state index contributed by atoms with van der Waals surface area (Å²) in [6.45, 7) is 0.484. The molecule has 6 heteroatoms. The normalized spacial score (nSPS) is 11.5. The first kappa shape index (κ1) is 19.9. The minimum Gasteiger partial charge on any atom is -0.274 e. The van der Waals surface area contributed by atoms with Crippen LogP contribution in [0.15, 0.2) is 92.0 Å². The Balaban J connectivity index is 1.54. The Labute approximate surface area is 182 Å². The first-order chi connectivity index (χ1) is 15.5. The van der Waals surface area contributed by atoms with Crippen molar-refractivity contribution < 1.29 is 0 Å². The van der Waals surface area contributed by atoms with Gasteiger partial charge in [-0.2, -0.15) is 0 Å². The van der Waals surface area contributed by atoms with E-state index in [1.807, 2.05) is 60.7 Å². The summed E-state index contributed by atoms with van der Waals surface area (Å²) in [5.41, 5.74) is 0.341. The predicted octanol–water partition coefficient (Wildman–Crippen LogP) is 2.40. The van der Waals surface area contributed by atoms with Crippen molar-refractivity contribution in [1.29, 1.82) is 0 Å². The summed E-state index contributed by atoms with van der Waals surface area (Å²) in [7, 11) is 0. The van der Waals surface area contributed by atoms with Crippen LogP contribution in [0.4, 0.5) is 0 Å². The first-order valence-corrected chi connectivity index (χ1v) is 10.5. The predicted molar refractivity (Wildman–Crippen MR) is 125 cm³/mol. The molecule has 0 aliphatic heterocycles. The van der Waals surface area contributed by atoms with Gasteiger partial charge in [-0.15, -0.1) is 0 Å². The lowest BCUT2D eigenvalue weighted by atomic mass is 10.1. The molecule has 0 fully saturated rings. The van der Waals surface area contributed by atoms with Gasteiger partial charge in [0.1, 0.15) is 0 Å². The molecule has 5 rings (SSSR count). The lowest BCUT2D eigenvalue weighted by Crippen LogP contribution is -2.27. The van der Waals surface area contributed by atoms with Crippen LogP contribution in [0.25, 0.3) is 21.5 Å². The molecule has 6 nitrogen and oxygen atoms in total. The molecule has 2 heterocycles. The molecule has 158 valence electrons. The third-order valence-corrected chi connectivity index (χ3v) is 5.99.